The third-order valence-electron chi connectivity index (χ3n) is 5.12. The molecule has 0 bridgehead atoms. The molecule has 1 heterocycles. The molecule has 0 atom stereocenters. The lowest BCUT2D eigenvalue weighted by molar-refractivity contribution is 0.0914. The topological polar surface area (TPSA) is 131 Å². The molecule has 0 fully saturated rings. The van der Waals surface area contributed by atoms with Crippen LogP contribution < -0.4 is 25.3 Å². The van der Waals surface area contributed by atoms with Gasteiger partial charge in [-0.1, -0.05) is 30.3 Å². The third-order valence-corrected chi connectivity index (χ3v) is 5.12. The Morgan fingerprint density at radius 1 is 0.917 bits per heavy atom. The first kappa shape index (κ1) is 24.3. The highest BCUT2D eigenvalue weighted by Crippen LogP contribution is 2.26. The Kier molecular flexibility index (Phi) is 7.76. The van der Waals surface area contributed by atoms with E-state index >= 15 is 0 Å². The molecule has 3 N–H and O–H groups in total. The minimum absolute atomic E-state index is 0.0722. The molecule has 36 heavy (non-hydrogen) atoms. The molecule has 4 rings (SSSR count). The highest BCUT2D eigenvalue weighted by atomic mass is 16.5. The molecule has 0 unspecified atom stereocenters. The van der Waals surface area contributed by atoms with Gasteiger partial charge in [-0.25, -0.2) is 9.48 Å². The number of ketones is 1. The summed E-state index contributed by atoms with van der Waals surface area (Å²) in [7, 11) is 1.60. The Morgan fingerprint density at radius 3 is 2.28 bits per heavy atom. The average Bonchev–Trinajstić information content (AvgIpc) is 3.35. The van der Waals surface area contributed by atoms with E-state index in [0.717, 1.165) is 11.3 Å². The number of aromatic nitrogens is 3. The van der Waals surface area contributed by atoms with Crippen LogP contribution in [0.1, 0.15) is 10.4 Å². The molecule has 2 amide bonds. The van der Waals surface area contributed by atoms with Gasteiger partial charge in [0, 0.05) is 11.1 Å². The largest absolute Gasteiger partial charge is 0.497 e. The molecule has 10 heteroatoms. The number of ether oxygens (including phenoxy) is 3. The van der Waals surface area contributed by atoms with Crippen molar-refractivity contribution in [2.75, 3.05) is 26.9 Å². The van der Waals surface area contributed by atoms with Gasteiger partial charge >= 0.3 is 12.0 Å². The molecular weight excluding hydrogens is 462 g/mol. The normalized spacial score (nSPS) is 10.5. The monoisotopic (exact) mass is 487 g/mol. The van der Waals surface area contributed by atoms with Crippen molar-refractivity contribution in [1.29, 1.82) is 0 Å². The van der Waals surface area contributed by atoms with Crippen LogP contribution in [-0.4, -0.2) is 53.4 Å². The van der Waals surface area contributed by atoms with Gasteiger partial charge in [-0.3, -0.25) is 4.79 Å². The van der Waals surface area contributed by atoms with Crippen molar-refractivity contribution in [1.82, 2.24) is 20.1 Å². The minimum Gasteiger partial charge on any atom is -0.497 e. The SMILES string of the molecule is COc1ccc(-n2nc(OCC(=O)c3ccccc3)nc2-c2ccc(OCCNC(N)=O)cc2)cc1. The van der Waals surface area contributed by atoms with Gasteiger partial charge in [-0.05, 0) is 48.5 Å². The van der Waals surface area contributed by atoms with Crippen molar-refractivity contribution in [3.63, 3.8) is 0 Å². The number of rotatable bonds is 11. The zero-order valence-electron chi connectivity index (χ0n) is 19.6. The fourth-order valence-corrected chi connectivity index (χ4v) is 3.33. The molecule has 4 aromatic rings. The lowest BCUT2D eigenvalue weighted by atomic mass is 10.1. The van der Waals surface area contributed by atoms with Gasteiger partial charge in [0.1, 0.15) is 18.1 Å². The molecule has 0 aliphatic rings. The first-order valence-electron chi connectivity index (χ1n) is 11.1. The average molecular weight is 488 g/mol. The Bertz CT molecular complexity index is 1310. The summed E-state index contributed by atoms with van der Waals surface area (Å²) in [5.41, 5.74) is 7.09. The fourth-order valence-electron chi connectivity index (χ4n) is 3.33. The molecule has 0 spiro atoms. The quantitative estimate of drug-likeness (QED) is 0.245. The van der Waals surface area contributed by atoms with E-state index < -0.39 is 6.03 Å². The van der Waals surface area contributed by atoms with Crippen molar-refractivity contribution in [3.8, 4) is 34.6 Å². The van der Waals surface area contributed by atoms with E-state index in [4.69, 9.17) is 19.9 Å². The molecular formula is C26H25N5O5. The number of urea groups is 1. The summed E-state index contributed by atoms with van der Waals surface area (Å²) in [6.07, 6.45) is 0. The number of carbonyl (C=O) groups is 2. The number of benzene rings is 3. The highest BCUT2D eigenvalue weighted by molar-refractivity contribution is 5.97. The first-order valence-corrected chi connectivity index (χ1v) is 11.1. The van der Waals surface area contributed by atoms with Crippen LogP contribution in [0.3, 0.4) is 0 Å². The Hall–Kier alpha value is -4.86. The van der Waals surface area contributed by atoms with E-state index in [1.807, 2.05) is 42.5 Å². The summed E-state index contributed by atoms with van der Waals surface area (Å²) >= 11 is 0. The lowest BCUT2D eigenvalue weighted by Gasteiger charge is -2.09. The second kappa shape index (κ2) is 11.5. The highest BCUT2D eigenvalue weighted by Gasteiger charge is 2.17. The molecule has 0 aliphatic carbocycles. The predicted molar refractivity (Wildman–Crippen MR) is 133 cm³/mol. The van der Waals surface area contributed by atoms with Gasteiger partial charge in [0.2, 0.25) is 0 Å². The summed E-state index contributed by atoms with van der Waals surface area (Å²) in [6.45, 7) is 0.380. The standard InChI is InChI=1S/C26H25N5O5/c1-34-21-13-9-20(10-14-21)31-24(19-7-11-22(12-8-19)35-16-15-28-25(27)33)29-26(30-31)36-17-23(32)18-5-3-2-4-6-18/h2-14H,15-17H2,1H3,(H3,27,28,33). The molecule has 0 radical (unpaired) electrons. The van der Waals surface area contributed by atoms with Crippen molar-refractivity contribution < 1.29 is 23.8 Å². The number of nitrogens with zero attached hydrogens (tertiary/aromatic N) is 3. The van der Waals surface area contributed by atoms with Gasteiger partial charge in [-0.2, -0.15) is 4.98 Å². The molecule has 0 aliphatic heterocycles. The van der Waals surface area contributed by atoms with Crippen LogP contribution in [0.2, 0.25) is 0 Å². The van der Waals surface area contributed by atoms with Crippen LogP contribution in [0, 0.1) is 0 Å². The van der Waals surface area contributed by atoms with E-state index in [-0.39, 0.29) is 25.0 Å². The summed E-state index contributed by atoms with van der Waals surface area (Å²) in [6, 6.07) is 22.9. The predicted octanol–water partition coefficient (Wildman–Crippen LogP) is 3.25. The number of carbonyl (C=O) groups excluding carboxylic acids is 2. The van der Waals surface area contributed by atoms with E-state index in [1.54, 1.807) is 48.2 Å². The molecule has 10 nitrogen and oxygen atoms in total. The number of nitrogens with one attached hydrogen (secondary N) is 1. The summed E-state index contributed by atoms with van der Waals surface area (Å²) in [4.78, 5) is 27.8. The summed E-state index contributed by atoms with van der Waals surface area (Å²) in [5.74, 6) is 1.66. The van der Waals surface area contributed by atoms with Crippen LogP contribution in [0.25, 0.3) is 17.1 Å². The lowest BCUT2D eigenvalue weighted by Crippen LogP contribution is -2.32. The number of hydrogen-bond donors (Lipinski definition) is 2. The molecule has 3 aromatic carbocycles. The summed E-state index contributed by atoms with van der Waals surface area (Å²) in [5, 5.41) is 6.95. The molecule has 184 valence electrons. The maximum Gasteiger partial charge on any atom is 0.336 e. The van der Waals surface area contributed by atoms with E-state index in [9.17, 15) is 9.59 Å². The minimum atomic E-state index is -0.602. The van der Waals surface area contributed by atoms with Gasteiger partial charge in [-0.15, -0.1) is 5.10 Å². The zero-order chi connectivity index (χ0) is 25.3. The van der Waals surface area contributed by atoms with Gasteiger partial charge in [0.05, 0.1) is 19.3 Å². The van der Waals surface area contributed by atoms with Crippen molar-refractivity contribution in [2.45, 2.75) is 0 Å². The second-order valence-corrected chi connectivity index (χ2v) is 7.57. The Labute approximate surface area is 207 Å². The third kappa shape index (κ3) is 6.17. The van der Waals surface area contributed by atoms with Crippen LogP contribution >= 0.6 is 0 Å². The van der Waals surface area contributed by atoms with E-state index in [0.29, 0.717) is 29.4 Å². The number of primary amides is 1. The van der Waals surface area contributed by atoms with Crippen LogP contribution in [-0.2, 0) is 0 Å². The molecule has 0 saturated heterocycles. The first-order chi connectivity index (χ1) is 17.5. The van der Waals surface area contributed by atoms with Crippen LogP contribution in [0.4, 0.5) is 4.79 Å². The van der Waals surface area contributed by atoms with E-state index in [2.05, 4.69) is 15.4 Å². The number of hydrogen-bond acceptors (Lipinski definition) is 7. The number of nitrogens with two attached hydrogens (primary N) is 1. The maximum absolute atomic E-state index is 12.5. The van der Waals surface area contributed by atoms with Crippen molar-refractivity contribution in [3.05, 3.63) is 84.4 Å². The van der Waals surface area contributed by atoms with Crippen LogP contribution in [0.5, 0.6) is 17.5 Å². The fraction of sp³-hybridized carbons (Fsp3) is 0.154. The Morgan fingerprint density at radius 2 is 1.61 bits per heavy atom. The molecule has 0 saturated carbocycles. The second-order valence-electron chi connectivity index (χ2n) is 7.57. The maximum atomic E-state index is 12.5. The van der Waals surface area contributed by atoms with Crippen molar-refractivity contribution in [2.24, 2.45) is 5.73 Å². The van der Waals surface area contributed by atoms with Gasteiger partial charge in [0.15, 0.2) is 18.2 Å². The Balaban J connectivity index is 1.55. The van der Waals surface area contributed by atoms with Crippen molar-refractivity contribution >= 4 is 11.8 Å². The van der Waals surface area contributed by atoms with Gasteiger partial charge < -0.3 is 25.3 Å². The zero-order valence-corrected chi connectivity index (χ0v) is 19.6. The number of methoxy groups -OCH3 is 1. The van der Waals surface area contributed by atoms with Gasteiger partial charge in [0.25, 0.3) is 0 Å². The van der Waals surface area contributed by atoms with Crippen LogP contribution in [0.15, 0.2) is 78.9 Å². The number of amides is 2. The van der Waals surface area contributed by atoms with E-state index in [1.165, 1.54) is 0 Å². The number of Topliss-reactive ketones (excluding diaryl/α,β-unsaturated/α-hetero) is 1. The smallest absolute Gasteiger partial charge is 0.336 e. The summed E-state index contributed by atoms with van der Waals surface area (Å²) < 4.78 is 18.1. The molecule has 1 aromatic heterocycles.